The van der Waals surface area contributed by atoms with Crippen LogP contribution in [-0.2, 0) is 6.54 Å². The molecule has 6 heteroatoms. The molecule has 0 saturated heterocycles. The average Bonchev–Trinajstić information content (AvgIpc) is 3.38. The van der Waals surface area contributed by atoms with Gasteiger partial charge in [-0.25, -0.2) is 9.67 Å². The lowest BCUT2D eigenvalue weighted by Gasteiger charge is -2.13. The third-order valence-corrected chi connectivity index (χ3v) is 4.80. The van der Waals surface area contributed by atoms with Crippen LogP contribution in [0.5, 0.6) is 0 Å². The highest BCUT2D eigenvalue weighted by Gasteiger charge is 2.19. The predicted octanol–water partition coefficient (Wildman–Crippen LogP) is 4.27. The molecule has 0 saturated carbocycles. The number of rotatable bonds is 6. The van der Waals surface area contributed by atoms with Crippen LogP contribution in [0.1, 0.15) is 36.4 Å². The fraction of sp³-hybridized carbons (Fsp3) is 0.227. The van der Waals surface area contributed by atoms with Gasteiger partial charge in [-0.3, -0.25) is 4.79 Å². The summed E-state index contributed by atoms with van der Waals surface area (Å²) in [7, 11) is 0. The summed E-state index contributed by atoms with van der Waals surface area (Å²) in [5, 5.41) is 8.24. The van der Waals surface area contributed by atoms with E-state index in [1.165, 1.54) is 0 Å². The topological polar surface area (TPSA) is 73.0 Å². The van der Waals surface area contributed by atoms with Crippen LogP contribution in [-0.4, -0.2) is 26.7 Å². The van der Waals surface area contributed by atoms with Gasteiger partial charge in [-0.2, -0.15) is 5.10 Å². The molecule has 0 spiro atoms. The quantitative estimate of drug-likeness (QED) is 0.547. The number of hydrogen-bond acceptors (Lipinski definition) is 4. The molecule has 1 aromatic carbocycles. The van der Waals surface area contributed by atoms with E-state index in [0.29, 0.717) is 17.8 Å². The minimum absolute atomic E-state index is 0.0917. The summed E-state index contributed by atoms with van der Waals surface area (Å²) >= 11 is 0. The second-order valence-corrected chi connectivity index (χ2v) is 6.82. The highest BCUT2D eigenvalue weighted by molar-refractivity contribution is 6.06. The minimum atomic E-state index is -0.114. The van der Waals surface area contributed by atoms with E-state index in [9.17, 15) is 4.79 Å². The van der Waals surface area contributed by atoms with Crippen LogP contribution in [0, 0.1) is 0 Å². The van der Waals surface area contributed by atoms with Crippen LogP contribution in [0.15, 0.2) is 65.4 Å². The molecule has 4 rings (SSSR count). The largest absolute Gasteiger partial charge is 0.467 e. The van der Waals surface area contributed by atoms with Crippen molar-refractivity contribution in [2.45, 2.75) is 32.9 Å². The van der Waals surface area contributed by atoms with Gasteiger partial charge in [0.05, 0.1) is 29.1 Å². The van der Waals surface area contributed by atoms with Crippen molar-refractivity contribution in [3.05, 3.63) is 72.3 Å². The lowest BCUT2D eigenvalue weighted by molar-refractivity contribution is 0.0941. The number of hydrogen-bond donors (Lipinski definition) is 1. The molecule has 4 aromatic rings. The molecule has 28 heavy (non-hydrogen) atoms. The fourth-order valence-corrected chi connectivity index (χ4v) is 3.06. The first-order valence-electron chi connectivity index (χ1n) is 9.41. The van der Waals surface area contributed by atoms with Crippen LogP contribution in [0.2, 0.25) is 0 Å². The maximum atomic E-state index is 12.9. The third kappa shape index (κ3) is 3.53. The van der Waals surface area contributed by atoms with Gasteiger partial charge in [-0.05, 0) is 31.5 Å². The molecule has 1 atom stereocenters. The Balaban J connectivity index is 1.84. The average molecular weight is 374 g/mol. The molecular weight excluding hydrogens is 352 g/mol. The van der Waals surface area contributed by atoms with E-state index in [-0.39, 0.29) is 11.9 Å². The second-order valence-electron chi connectivity index (χ2n) is 6.82. The highest BCUT2D eigenvalue weighted by Crippen LogP contribution is 2.25. The van der Waals surface area contributed by atoms with Crippen molar-refractivity contribution in [1.29, 1.82) is 0 Å². The van der Waals surface area contributed by atoms with Crippen LogP contribution < -0.4 is 5.32 Å². The zero-order valence-corrected chi connectivity index (χ0v) is 15.9. The number of nitrogens with zero attached hydrogens (tertiary/aromatic N) is 3. The zero-order valence-electron chi connectivity index (χ0n) is 15.9. The van der Waals surface area contributed by atoms with Crippen LogP contribution in [0.4, 0.5) is 0 Å². The Kier molecular flexibility index (Phi) is 4.93. The maximum absolute atomic E-state index is 12.9. The summed E-state index contributed by atoms with van der Waals surface area (Å²) < 4.78 is 7.21. The number of benzene rings is 1. The molecule has 0 bridgehead atoms. The molecule has 0 aliphatic rings. The smallest absolute Gasteiger partial charge is 0.252 e. The Labute approximate surface area is 163 Å². The van der Waals surface area contributed by atoms with Gasteiger partial charge in [0.1, 0.15) is 12.3 Å². The molecule has 0 unspecified atom stereocenters. The number of carbonyl (C=O) groups is 1. The molecule has 0 aliphatic heterocycles. The lowest BCUT2D eigenvalue weighted by Crippen LogP contribution is -2.32. The first kappa shape index (κ1) is 18.0. The molecule has 3 aromatic heterocycles. The molecule has 0 fully saturated rings. The summed E-state index contributed by atoms with van der Waals surface area (Å²) in [6.45, 7) is 4.49. The van der Waals surface area contributed by atoms with Gasteiger partial charge in [0.15, 0.2) is 5.65 Å². The number of fused-ring (bicyclic) bond motifs is 1. The van der Waals surface area contributed by atoms with Gasteiger partial charge < -0.3 is 9.73 Å². The third-order valence-electron chi connectivity index (χ3n) is 4.80. The summed E-state index contributed by atoms with van der Waals surface area (Å²) in [4.78, 5) is 17.8. The van der Waals surface area contributed by atoms with Gasteiger partial charge in [0, 0.05) is 11.6 Å². The minimum Gasteiger partial charge on any atom is -0.467 e. The van der Waals surface area contributed by atoms with Crippen molar-refractivity contribution in [3.8, 4) is 11.3 Å². The van der Waals surface area contributed by atoms with Crippen molar-refractivity contribution in [3.63, 3.8) is 0 Å². The van der Waals surface area contributed by atoms with Crippen molar-refractivity contribution >= 4 is 16.9 Å². The van der Waals surface area contributed by atoms with E-state index >= 15 is 0 Å². The van der Waals surface area contributed by atoms with E-state index in [0.717, 1.165) is 28.8 Å². The van der Waals surface area contributed by atoms with Crippen molar-refractivity contribution < 1.29 is 9.21 Å². The van der Waals surface area contributed by atoms with Gasteiger partial charge >= 0.3 is 0 Å². The first-order chi connectivity index (χ1) is 13.7. The monoisotopic (exact) mass is 374 g/mol. The van der Waals surface area contributed by atoms with Crippen molar-refractivity contribution in [1.82, 2.24) is 20.1 Å². The Bertz CT molecular complexity index is 1080. The summed E-state index contributed by atoms with van der Waals surface area (Å²) in [5.74, 6) is 0.666. The van der Waals surface area contributed by atoms with E-state index in [4.69, 9.17) is 9.40 Å². The first-order valence-corrected chi connectivity index (χ1v) is 9.41. The summed E-state index contributed by atoms with van der Waals surface area (Å²) in [6, 6.07) is 15.5. The normalized spacial score (nSPS) is 12.2. The van der Waals surface area contributed by atoms with E-state index < -0.39 is 0 Å². The molecule has 1 N–H and O–H groups in total. The van der Waals surface area contributed by atoms with Crippen molar-refractivity contribution in [2.75, 3.05) is 0 Å². The Morgan fingerprint density at radius 2 is 2.04 bits per heavy atom. The van der Waals surface area contributed by atoms with Gasteiger partial charge in [0.2, 0.25) is 0 Å². The molecule has 0 radical (unpaired) electrons. The number of pyridine rings is 1. The molecule has 3 heterocycles. The molecule has 1 amide bonds. The number of nitrogens with one attached hydrogen (secondary N) is 1. The van der Waals surface area contributed by atoms with Crippen LogP contribution >= 0.6 is 0 Å². The SMILES string of the molecule is CC[C@H](C)NC(=O)c1cc(-c2ccccc2)nc2c1cnn2Cc1ccco1. The van der Waals surface area contributed by atoms with E-state index in [2.05, 4.69) is 10.4 Å². The Morgan fingerprint density at radius 3 is 2.75 bits per heavy atom. The fourth-order valence-electron chi connectivity index (χ4n) is 3.06. The lowest BCUT2D eigenvalue weighted by atomic mass is 10.1. The van der Waals surface area contributed by atoms with Crippen molar-refractivity contribution in [2.24, 2.45) is 0 Å². The summed E-state index contributed by atoms with van der Waals surface area (Å²) in [5.41, 5.74) is 2.93. The zero-order chi connectivity index (χ0) is 19.5. The summed E-state index contributed by atoms with van der Waals surface area (Å²) in [6.07, 6.45) is 4.20. The number of carbonyl (C=O) groups excluding carboxylic acids is 1. The van der Waals surface area contributed by atoms with Gasteiger partial charge in [-0.15, -0.1) is 0 Å². The molecular formula is C22H22N4O2. The van der Waals surface area contributed by atoms with Gasteiger partial charge in [0.25, 0.3) is 5.91 Å². The van der Waals surface area contributed by atoms with E-state index in [1.54, 1.807) is 17.1 Å². The molecule has 0 aliphatic carbocycles. The number of amides is 1. The molecule has 142 valence electrons. The molecule has 6 nitrogen and oxygen atoms in total. The number of aromatic nitrogens is 3. The van der Waals surface area contributed by atoms with Crippen LogP contribution in [0.3, 0.4) is 0 Å². The second kappa shape index (κ2) is 7.68. The Morgan fingerprint density at radius 1 is 1.21 bits per heavy atom. The standard InChI is InChI=1S/C22H22N4O2/c1-3-15(2)24-22(27)18-12-20(16-8-5-4-6-9-16)25-21-19(18)13-23-26(21)14-17-10-7-11-28-17/h4-13,15H,3,14H2,1-2H3,(H,24,27)/t15-/m0/s1. The van der Waals surface area contributed by atoms with Crippen LogP contribution in [0.25, 0.3) is 22.3 Å². The Hall–Kier alpha value is -3.41. The highest BCUT2D eigenvalue weighted by atomic mass is 16.3. The van der Waals surface area contributed by atoms with Gasteiger partial charge in [-0.1, -0.05) is 37.3 Å². The maximum Gasteiger partial charge on any atom is 0.252 e. The number of furan rings is 1. The van der Waals surface area contributed by atoms with E-state index in [1.807, 2.05) is 62.4 Å². The predicted molar refractivity (Wildman–Crippen MR) is 108 cm³/mol.